The van der Waals surface area contributed by atoms with Gasteiger partial charge in [-0.2, -0.15) is 4.98 Å². The van der Waals surface area contributed by atoms with E-state index in [4.69, 9.17) is 4.42 Å². The highest BCUT2D eigenvalue weighted by Crippen LogP contribution is 2.31. The van der Waals surface area contributed by atoms with E-state index in [1.54, 1.807) is 18.5 Å². The molecule has 1 aromatic carbocycles. The van der Waals surface area contributed by atoms with Crippen LogP contribution in [0, 0.1) is 5.92 Å². The van der Waals surface area contributed by atoms with Gasteiger partial charge in [0.1, 0.15) is 23.3 Å². The maximum Gasteiger partial charge on any atom is 0.335 e. The molecule has 2 atom stereocenters. The molecule has 5 rings (SSSR count). The van der Waals surface area contributed by atoms with Crippen LogP contribution >= 0.6 is 0 Å². The number of carbonyl (C=O) groups is 1. The van der Waals surface area contributed by atoms with Crippen molar-refractivity contribution < 1.29 is 14.3 Å². The molecule has 2 unspecified atom stereocenters. The fraction of sp³-hybridized carbons (Fsp3) is 0.333. The molecular formula is C21H22N6O3. The lowest BCUT2D eigenvalue weighted by molar-refractivity contribution is 0.0697. The number of nitrogens with one attached hydrogen (secondary N) is 1. The van der Waals surface area contributed by atoms with E-state index in [9.17, 15) is 9.90 Å². The second-order valence-electron chi connectivity index (χ2n) is 7.81. The zero-order chi connectivity index (χ0) is 20.8. The van der Waals surface area contributed by atoms with Crippen LogP contribution in [0.15, 0.2) is 41.2 Å². The molecule has 0 radical (unpaired) electrons. The first-order valence-electron chi connectivity index (χ1n) is 9.91. The molecule has 30 heavy (non-hydrogen) atoms. The molecule has 3 aromatic heterocycles. The molecule has 0 spiro atoms. The molecule has 4 heterocycles. The van der Waals surface area contributed by atoms with Crippen molar-refractivity contribution in [2.45, 2.75) is 19.4 Å². The molecule has 0 aliphatic carbocycles. The molecule has 1 aliphatic heterocycles. The maximum absolute atomic E-state index is 11.2. The Kier molecular flexibility index (Phi) is 4.30. The van der Waals surface area contributed by atoms with Gasteiger partial charge in [0.15, 0.2) is 5.58 Å². The van der Waals surface area contributed by atoms with Crippen molar-refractivity contribution in [2.75, 3.05) is 29.9 Å². The number of likely N-dealkylation sites (N-methyl/N-ethyl adjacent to an activating group) is 1. The van der Waals surface area contributed by atoms with Gasteiger partial charge in [-0.1, -0.05) is 6.92 Å². The molecule has 0 saturated carbocycles. The molecule has 0 amide bonds. The van der Waals surface area contributed by atoms with E-state index >= 15 is 0 Å². The molecular weight excluding hydrogens is 384 g/mol. The molecule has 1 saturated heterocycles. The Morgan fingerprint density at radius 1 is 1.33 bits per heavy atom. The van der Waals surface area contributed by atoms with Crippen LogP contribution in [-0.4, -0.2) is 57.2 Å². The Morgan fingerprint density at radius 2 is 2.20 bits per heavy atom. The first-order chi connectivity index (χ1) is 14.5. The summed E-state index contributed by atoms with van der Waals surface area (Å²) in [5, 5.41) is 10.2. The lowest BCUT2D eigenvalue weighted by atomic mass is 9.92. The van der Waals surface area contributed by atoms with Gasteiger partial charge in [0, 0.05) is 26.3 Å². The summed E-state index contributed by atoms with van der Waals surface area (Å²) < 4.78 is 5.93. The van der Waals surface area contributed by atoms with Gasteiger partial charge < -0.3 is 24.3 Å². The number of aromatic nitrogens is 4. The number of hydrogen-bond donors (Lipinski definition) is 2. The Bertz CT molecular complexity index is 1230. The summed E-state index contributed by atoms with van der Waals surface area (Å²) in [5.41, 5.74) is 2.15. The van der Waals surface area contributed by atoms with Gasteiger partial charge >= 0.3 is 5.97 Å². The number of anilines is 2. The van der Waals surface area contributed by atoms with Gasteiger partial charge in [0.2, 0.25) is 0 Å². The molecule has 1 aliphatic rings. The Morgan fingerprint density at radius 3 is 3.03 bits per heavy atom. The first kappa shape index (κ1) is 18.4. The number of H-pyrrole nitrogens is 1. The largest absolute Gasteiger partial charge is 0.478 e. The number of nitrogens with zero attached hydrogens (tertiary/aromatic N) is 5. The van der Waals surface area contributed by atoms with Crippen LogP contribution in [0.25, 0.3) is 22.1 Å². The highest BCUT2D eigenvalue weighted by Gasteiger charge is 2.32. The zero-order valence-corrected chi connectivity index (χ0v) is 16.7. The van der Waals surface area contributed by atoms with Crippen molar-refractivity contribution in [1.82, 2.24) is 19.9 Å². The standard InChI is InChI=1S/C21H22N6O3/c1-12-6-8-27(21-25-15-4-3-13(20(28)29)9-17(15)30-21)10-16(12)26(2)19-14-5-7-22-18(14)23-11-24-19/h3-5,7,9,11-12,16H,6,8,10H2,1-2H3,(H,28,29)(H,22,23,24). The highest BCUT2D eigenvalue weighted by molar-refractivity contribution is 5.92. The number of carboxylic acid groups (broad SMARTS) is 1. The second-order valence-corrected chi connectivity index (χ2v) is 7.81. The van der Waals surface area contributed by atoms with Crippen LogP contribution in [0.1, 0.15) is 23.7 Å². The van der Waals surface area contributed by atoms with E-state index in [2.05, 4.69) is 43.7 Å². The van der Waals surface area contributed by atoms with E-state index in [1.807, 2.05) is 12.3 Å². The molecule has 9 heteroatoms. The number of oxazole rings is 1. The quantitative estimate of drug-likeness (QED) is 0.532. The van der Waals surface area contributed by atoms with E-state index in [0.717, 1.165) is 36.4 Å². The van der Waals surface area contributed by atoms with Crippen LogP contribution in [-0.2, 0) is 0 Å². The summed E-state index contributed by atoms with van der Waals surface area (Å²) in [4.78, 5) is 32.1. The van der Waals surface area contributed by atoms with E-state index in [-0.39, 0.29) is 11.6 Å². The van der Waals surface area contributed by atoms with Crippen LogP contribution in [0.2, 0.25) is 0 Å². The van der Waals surface area contributed by atoms with Gasteiger partial charge in [-0.05, 0) is 36.6 Å². The summed E-state index contributed by atoms with van der Waals surface area (Å²) >= 11 is 0. The van der Waals surface area contributed by atoms with Crippen molar-refractivity contribution >= 4 is 39.9 Å². The van der Waals surface area contributed by atoms with Gasteiger partial charge in [0.25, 0.3) is 6.01 Å². The third-order valence-corrected chi connectivity index (χ3v) is 5.98. The number of piperidine rings is 1. The third-order valence-electron chi connectivity index (χ3n) is 5.98. The van der Waals surface area contributed by atoms with Crippen molar-refractivity contribution in [3.05, 3.63) is 42.4 Å². The van der Waals surface area contributed by atoms with E-state index in [0.29, 0.717) is 23.0 Å². The summed E-state index contributed by atoms with van der Waals surface area (Å²) in [7, 11) is 2.06. The van der Waals surface area contributed by atoms with Crippen molar-refractivity contribution in [3.8, 4) is 0 Å². The summed E-state index contributed by atoms with van der Waals surface area (Å²) in [6, 6.07) is 7.47. The predicted molar refractivity (Wildman–Crippen MR) is 113 cm³/mol. The summed E-state index contributed by atoms with van der Waals surface area (Å²) in [6.45, 7) is 3.80. The number of carboxylic acids is 1. The molecule has 4 aromatic rings. The summed E-state index contributed by atoms with van der Waals surface area (Å²) in [6.07, 6.45) is 4.43. The Labute approximate surface area is 172 Å². The van der Waals surface area contributed by atoms with Crippen LogP contribution in [0.4, 0.5) is 11.8 Å². The summed E-state index contributed by atoms with van der Waals surface area (Å²) in [5.74, 6) is 0.367. The average Bonchev–Trinajstić information content (AvgIpc) is 3.39. The van der Waals surface area contributed by atoms with Crippen LogP contribution in [0.5, 0.6) is 0 Å². The van der Waals surface area contributed by atoms with Crippen molar-refractivity contribution in [1.29, 1.82) is 0 Å². The minimum atomic E-state index is -0.982. The lowest BCUT2D eigenvalue weighted by Crippen LogP contribution is -2.51. The molecule has 154 valence electrons. The van der Waals surface area contributed by atoms with E-state index < -0.39 is 5.97 Å². The highest BCUT2D eigenvalue weighted by atomic mass is 16.4. The number of hydrogen-bond acceptors (Lipinski definition) is 7. The van der Waals surface area contributed by atoms with Gasteiger partial charge in [-0.25, -0.2) is 14.8 Å². The fourth-order valence-corrected chi connectivity index (χ4v) is 4.20. The normalized spacial score (nSPS) is 19.5. The maximum atomic E-state index is 11.2. The topological polar surface area (TPSA) is 111 Å². The van der Waals surface area contributed by atoms with Gasteiger partial charge in [0.05, 0.1) is 17.0 Å². The Hall–Kier alpha value is -3.62. The second kappa shape index (κ2) is 7.01. The minimum Gasteiger partial charge on any atom is -0.478 e. The predicted octanol–water partition coefficient (Wildman–Crippen LogP) is 3.15. The van der Waals surface area contributed by atoms with Crippen molar-refractivity contribution in [2.24, 2.45) is 5.92 Å². The average molecular weight is 406 g/mol. The van der Waals surface area contributed by atoms with Crippen LogP contribution < -0.4 is 9.80 Å². The first-order valence-corrected chi connectivity index (χ1v) is 9.91. The number of fused-ring (bicyclic) bond motifs is 2. The lowest BCUT2D eigenvalue weighted by Gasteiger charge is -2.41. The number of aromatic amines is 1. The third kappa shape index (κ3) is 3.02. The van der Waals surface area contributed by atoms with Gasteiger partial charge in [-0.3, -0.25) is 0 Å². The van der Waals surface area contributed by atoms with Crippen LogP contribution in [0.3, 0.4) is 0 Å². The molecule has 2 N–H and O–H groups in total. The SMILES string of the molecule is CC1CCN(c2nc3ccc(C(=O)O)cc3o2)CC1N(C)c1ncnc2[nH]ccc12. The van der Waals surface area contributed by atoms with Gasteiger partial charge in [-0.15, -0.1) is 0 Å². The van der Waals surface area contributed by atoms with Crippen molar-refractivity contribution in [3.63, 3.8) is 0 Å². The number of rotatable bonds is 4. The monoisotopic (exact) mass is 406 g/mol. The zero-order valence-electron chi connectivity index (χ0n) is 16.7. The minimum absolute atomic E-state index is 0.189. The number of benzene rings is 1. The number of aromatic carboxylic acids is 1. The Balaban J connectivity index is 1.44. The molecule has 9 nitrogen and oxygen atoms in total. The molecule has 0 bridgehead atoms. The molecule has 1 fully saturated rings. The van der Waals surface area contributed by atoms with E-state index in [1.165, 1.54) is 6.07 Å². The fourth-order valence-electron chi connectivity index (χ4n) is 4.20. The smallest absolute Gasteiger partial charge is 0.335 e.